The first-order valence-electron chi connectivity index (χ1n) is 13.1. The van der Waals surface area contributed by atoms with Gasteiger partial charge in [-0.1, -0.05) is 0 Å². The van der Waals surface area contributed by atoms with Crippen LogP contribution in [-0.4, -0.2) is 62.0 Å². The maximum Gasteiger partial charge on any atom is 0.270 e. The standard InChI is InChI=1S/C28H33N7O2/c1-15-12-35(13-16(2)29-15)20-8-9-23-21(11-20)25(28(37)30-19-6-5-7-19)32-27(31-23)22-10-18-14-34(4)33-24(18)17(3)26(22)36/h8-11,14-16,19,29,36H,5-7,12-13H2,1-4H3,(H,30,37)/t15-,16-/m0/s1. The maximum atomic E-state index is 13.5. The molecule has 1 saturated carbocycles. The fraction of sp³-hybridized carbons (Fsp3) is 0.429. The van der Waals surface area contributed by atoms with Gasteiger partial charge in [0.15, 0.2) is 5.82 Å². The van der Waals surface area contributed by atoms with Gasteiger partial charge in [0.25, 0.3) is 5.91 Å². The lowest BCUT2D eigenvalue weighted by atomic mass is 9.93. The van der Waals surface area contributed by atoms with Gasteiger partial charge in [-0.15, -0.1) is 0 Å². The van der Waals surface area contributed by atoms with Crippen molar-refractivity contribution in [2.45, 2.75) is 58.2 Å². The zero-order valence-electron chi connectivity index (χ0n) is 21.7. The van der Waals surface area contributed by atoms with Gasteiger partial charge in [-0.2, -0.15) is 5.10 Å². The number of aromatic nitrogens is 4. The molecule has 2 atom stereocenters. The number of hydrogen-bond acceptors (Lipinski definition) is 7. The molecule has 1 amide bonds. The molecule has 0 bridgehead atoms. The summed E-state index contributed by atoms with van der Waals surface area (Å²) in [5.41, 5.74) is 3.95. The molecule has 2 aromatic heterocycles. The van der Waals surface area contributed by atoms with Crippen molar-refractivity contribution in [2.24, 2.45) is 7.05 Å². The Morgan fingerprint density at radius 2 is 1.89 bits per heavy atom. The van der Waals surface area contributed by atoms with Crippen molar-refractivity contribution in [3.05, 3.63) is 41.7 Å². The minimum atomic E-state index is -0.198. The number of hydrogen-bond donors (Lipinski definition) is 3. The van der Waals surface area contributed by atoms with E-state index in [0.717, 1.165) is 54.3 Å². The molecular weight excluding hydrogens is 466 g/mol. The Balaban J connectivity index is 1.49. The molecule has 9 heteroatoms. The van der Waals surface area contributed by atoms with Crippen LogP contribution in [0, 0.1) is 6.92 Å². The van der Waals surface area contributed by atoms with E-state index in [1.165, 1.54) is 0 Å². The van der Waals surface area contributed by atoms with Gasteiger partial charge in [0, 0.05) is 66.5 Å². The number of carbonyl (C=O) groups is 1. The molecule has 1 aliphatic heterocycles. The molecule has 3 heterocycles. The fourth-order valence-electron chi connectivity index (χ4n) is 5.56. The van der Waals surface area contributed by atoms with Crippen molar-refractivity contribution in [3.8, 4) is 17.1 Å². The second kappa shape index (κ2) is 8.99. The van der Waals surface area contributed by atoms with Gasteiger partial charge in [0.1, 0.15) is 11.4 Å². The average molecular weight is 500 g/mol. The number of piperazine rings is 1. The number of aromatic hydroxyl groups is 1. The monoisotopic (exact) mass is 499 g/mol. The van der Waals surface area contributed by atoms with E-state index < -0.39 is 0 Å². The highest BCUT2D eigenvalue weighted by atomic mass is 16.3. The Morgan fingerprint density at radius 1 is 1.14 bits per heavy atom. The predicted octanol–water partition coefficient (Wildman–Crippen LogP) is 3.67. The van der Waals surface area contributed by atoms with Crippen molar-refractivity contribution >= 4 is 33.4 Å². The van der Waals surface area contributed by atoms with E-state index in [1.54, 1.807) is 4.68 Å². The van der Waals surface area contributed by atoms with E-state index in [9.17, 15) is 9.90 Å². The first kappa shape index (κ1) is 23.7. The van der Waals surface area contributed by atoms with Crippen molar-refractivity contribution in [1.82, 2.24) is 30.4 Å². The molecule has 0 unspecified atom stereocenters. The zero-order chi connectivity index (χ0) is 25.8. The Bertz CT molecular complexity index is 1510. The highest BCUT2D eigenvalue weighted by Gasteiger charge is 2.26. The average Bonchev–Trinajstić information content (AvgIpc) is 3.22. The summed E-state index contributed by atoms with van der Waals surface area (Å²) in [5.74, 6) is 0.210. The molecule has 6 rings (SSSR count). The number of carbonyl (C=O) groups excluding carboxylic acids is 1. The lowest BCUT2D eigenvalue weighted by Gasteiger charge is -2.37. The molecule has 3 N–H and O–H groups in total. The smallest absolute Gasteiger partial charge is 0.270 e. The summed E-state index contributed by atoms with van der Waals surface area (Å²) in [5, 5.41) is 23.9. The van der Waals surface area contributed by atoms with Crippen LogP contribution in [0.2, 0.25) is 0 Å². The maximum absolute atomic E-state index is 13.5. The van der Waals surface area contributed by atoms with E-state index in [2.05, 4.69) is 40.5 Å². The molecule has 0 spiro atoms. The lowest BCUT2D eigenvalue weighted by molar-refractivity contribution is 0.0913. The molecule has 1 aliphatic carbocycles. The van der Waals surface area contributed by atoms with Gasteiger partial charge < -0.3 is 20.6 Å². The summed E-state index contributed by atoms with van der Waals surface area (Å²) in [6.45, 7) is 7.97. The molecule has 192 valence electrons. The Kier molecular flexibility index (Phi) is 5.75. The summed E-state index contributed by atoms with van der Waals surface area (Å²) in [6, 6.07) is 8.82. The summed E-state index contributed by atoms with van der Waals surface area (Å²) in [6.07, 6.45) is 5.00. The molecule has 4 aromatic rings. The van der Waals surface area contributed by atoms with Crippen molar-refractivity contribution in [2.75, 3.05) is 18.0 Å². The number of amides is 1. The fourth-order valence-corrected chi connectivity index (χ4v) is 5.56. The first-order valence-corrected chi connectivity index (χ1v) is 13.1. The summed E-state index contributed by atoms with van der Waals surface area (Å²) in [4.78, 5) is 25.4. The highest BCUT2D eigenvalue weighted by Crippen LogP contribution is 2.37. The predicted molar refractivity (Wildman–Crippen MR) is 145 cm³/mol. The largest absolute Gasteiger partial charge is 0.507 e. The number of anilines is 1. The van der Waals surface area contributed by atoms with E-state index in [-0.39, 0.29) is 17.7 Å². The summed E-state index contributed by atoms with van der Waals surface area (Å²) < 4.78 is 1.72. The Hall–Kier alpha value is -3.72. The highest BCUT2D eigenvalue weighted by molar-refractivity contribution is 6.06. The van der Waals surface area contributed by atoms with Gasteiger partial charge in [-0.25, -0.2) is 9.97 Å². The number of nitrogens with one attached hydrogen (secondary N) is 2. The SMILES string of the molecule is Cc1c(O)c(-c2nc(C(=O)NC3CCC3)c3cc(N4C[C@H](C)N[C@@H](C)C4)ccc3n2)cc2cn(C)nc12. The van der Waals surface area contributed by atoms with Crippen LogP contribution in [0.25, 0.3) is 33.2 Å². The number of benzene rings is 2. The van der Waals surface area contributed by atoms with Crippen molar-refractivity contribution < 1.29 is 9.90 Å². The summed E-state index contributed by atoms with van der Waals surface area (Å²) >= 11 is 0. The molecule has 2 aliphatic rings. The van der Waals surface area contributed by atoms with Crippen LogP contribution in [0.5, 0.6) is 5.75 Å². The first-order chi connectivity index (χ1) is 17.8. The second-order valence-corrected chi connectivity index (χ2v) is 10.7. The van der Waals surface area contributed by atoms with Crippen LogP contribution >= 0.6 is 0 Å². The number of nitrogens with zero attached hydrogens (tertiary/aromatic N) is 5. The van der Waals surface area contributed by atoms with E-state index >= 15 is 0 Å². The zero-order valence-corrected chi connectivity index (χ0v) is 21.7. The molecule has 0 radical (unpaired) electrons. The van der Waals surface area contributed by atoms with Crippen LogP contribution in [0.15, 0.2) is 30.5 Å². The molecule has 2 aromatic carbocycles. The summed E-state index contributed by atoms with van der Waals surface area (Å²) in [7, 11) is 1.85. The van der Waals surface area contributed by atoms with Gasteiger partial charge in [-0.05, 0) is 64.3 Å². The van der Waals surface area contributed by atoms with Gasteiger partial charge >= 0.3 is 0 Å². The van der Waals surface area contributed by atoms with E-state index in [0.29, 0.717) is 40.2 Å². The number of rotatable bonds is 4. The van der Waals surface area contributed by atoms with Crippen LogP contribution in [0.4, 0.5) is 5.69 Å². The Morgan fingerprint density at radius 3 is 2.59 bits per heavy atom. The third kappa shape index (κ3) is 4.27. The van der Waals surface area contributed by atoms with Gasteiger partial charge in [0.05, 0.1) is 16.6 Å². The molecule has 1 saturated heterocycles. The van der Waals surface area contributed by atoms with Gasteiger partial charge in [0.2, 0.25) is 0 Å². The number of phenols is 1. The number of aryl methyl sites for hydroxylation is 2. The van der Waals surface area contributed by atoms with Crippen molar-refractivity contribution in [1.29, 1.82) is 0 Å². The van der Waals surface area contributed by atoms with E-state index in [4.69, 9.17) is 9.97 Å². The van der Waals surface area contributed by atoms with Crippen LogP contribution in [0.1, 0.15) is 49.2 Å². The minimum absolute atomic E-state index is 0.0799. The quantitative estimate of drug-likeness (QED) is 0.393. The lowest BCUT2D eigenvalue weighted by Crippen LogP contribution is -2.54. The number of fused-ring (bicyclic) bond motifs is 2. The molecular formula is C28H33N7O2. The van der Waals surface area contributed by atoms with Crippen LogP contribution in [0.3, 0.4) is 0 Å². The third-order valence-corrected chi connectivity index (χ3v) is 7.62. The number of phenolic OH excluding ortho intramolecular Hbond substituents is 1. The normalized spacial score (nSPS) is 20.4. The third-order valence-electron chi connectivity index (χ3n) is 7.62. The molecule has 37 heavy (non-hydrogen) atoms. The van der Waals surface area contributed by atoms with Crippen molar-refractivity contribution in [3.63, 3.8) is 0 Å². The minimum Gasteiger partial charge on any atom is -0.507 e. The van der Waals surface area contributed by atoms with Crippen LogP contribution in [-0.2, 0) is 7.05 Å². The molecule has 9 nitrogen and oxygen atoms in total. The van der Waals surface area contributed by atoms with Crippen LogP contribution < -0.4 is 15.5 Å². The second-order valence-electron chi connectivity index (χ2n) is 10.7. The Labute approximate surface area is 215 Å². The topological polar surface area (TPSA) is 108 Å². The van der Waals surface area contributed by atoms with Gasteiger partial charge in [-0.3, -0.25) is 9.48 Å². The molecule has 2 fully saturated rings. The van der Waals surface area contributed by atoms with E-state index in [1.807, 2.05) is 38.4 Å².